The number of rotatable bonds is 6. The molecule has 3 aromatic carbocycles. The summed E-state index contributed by atoms with van der Waals surface area (Å²) in [5.74, 6) is -0.235. The molecule has 5 nitrogen and oxygen atoms in total. The number of ether oxygens (including phenoxy) is 2. The number of nitrogens with zero attached hydrogens (tertiary/aromatic N) is 1. The normalized spacial score (nSPS) is 12.2. The molecule has 0 bridgehead atoms. The zero-order chi connectivity index (χ0) is 18.5. The topological polar surface area (TPSA) is 68.1 Å². The number of benzene rings is 3. The lowest BCUT2D eigenvalue weighted by atomic mass is 10.1. The Hall–Kier alpha value is -3.34. The van der Waals surface area contributed by atoms with E-state index < -0.39 is 12.1 Å². The Bertz CT molecular complexity index is 960. The molecule has 132 valence electrons. The van der Waals surface area contributed by atoms with Gasteiger partial charge in [0.1, 0.15) is 0 Å². The second-order valence-electron chi connectivity index (χ2n) is 5.73. The van der Waals surface area contributed by atoms with Crippen molar-refractivity contribution in [2.45, 2.75) is 13.0 Å². The molecule has 5 heteroatoms. The molecule has 0 saturated heterocycles. The van der Waals surface area contributed by atoms with Crippen LogP contribution in [-0.2, 0) is 4.79 Å². The van der Waals surface area contributed by atoms with E-state index in [0.717, 1.165) is 16.5 Å². The Balaban J connectivity index is 2.01. The number of methoxy groups -OCH3 is 1. The number of hydrogen-bond acceptors (Lipinski definition) is 4. The first kappa shape index (κ1) is 17.5. The van der Waals surface area contributed by atoms with Crippen LogP contribution in [0.15, 0.2) is 65.7 Å². The van der Waals surface area contributed by atoms with E-state index in [1.165, 1.54) is 14.0 Å². The maximum atomic E-state index is 11.1. The Morgan fingerprint density at radius 2 is 1.81 bits per heavy atom. The molecule has 0 radical (unpaired) electrons. The zero-order valence-corrected chi connectivity index (χ0v) is 14.5. The minimum atomic E-state index is -1.05. The molecule has 0 aliphatic rings. The molecule has 0 heterocycles. The lowest BCUT2D eigenvalue weighted by Crippen LogP contribution is -2.23. The van der Waals surface area contributed by atoms with Crippen LogP contribution in [0.4, 0.5) is 5.69 Å². The molecule has 1 N–H and O–H groups in total. The fraction of sp³-hybridized carbons (Fsp3) is 0.143. The summed E-state index contributed by atoms with van der Waals surface area (Å²) >= 11 is 0. The number of aliphatic carboxylic acids is 1. The molecular weight excluding hydrogens is 330 g/mol. The maximum absolute atomic E-state index is 11.1. The van der Waals surface area contributed by atoms with Crippen molar-refractivity contribution in [3.63, 3.8) is 0 Å². The summed E-state index contributed by atoms with van der Waals surface area (Å²) < 4.78 is 10.9. The standard InChI is InChI=1S/C21H19NO4/c1-14(21(23)24)26-20-16(9-6-12-19(20)25-2)13-22-18-11-5-8-15-7-3-4-10-17(15)18/h3-14H,1-2H3,(H,23,24)/t14-/m1/s1. The van der Waals surface area contributed by atoms with Gasteiger partial charge in [0.05, 0.1) is 12.8 Å². The predicted octanol–water partition coefficient (Wildman–Crippen LogP) is 4.45. The first-order valence-electron chi connectivity index (χ1n) is 8.18. The number of carboxylic acids is 1. The quantitative estimate of drug-likeness (QED) is 0.668. The average molecular weight is 349 g/mol. The molecule has 0 amide bonds. The third-order valence-electron chi connectivity index (χ3n) is 3.98. The second-order valence-corrected chi connectivity index (χ2v) is 5.73. The van der Waals surface area contributed by atoms with Gasteiger partial charge >= 0.3 is 5.97 Å². The lowest BCUT2D eigenvalue weighted by molar-refractivity contribution is -0.144. The molecule has 0 aliphatic heterocycles. The van der Waals surface area contributed by atoms with Crippen LogP contribution in [0.2, 0.25) is 0 Å². The number of hydrogen-bond donors (Lipinski definition) is 1. The first-order valence-corrected chi connectivity index (χ1v) is 8.18. The summed E-state index contributed by atoms with van der Waals surface area (Å²) in [6.45, 7) is 1.47. The Morgan fingerprint density at radius 1 is 1.08 bits per heavy atom. The van der Waals surface area contributed by atoms with Gasteiger partial charge in [-0.3, -0.25) is 4.99 Å². The molecule has 0 unspecified atom stereocenters. The van der Waals surface area contributed by atoms with Gasteiger partial charge in [-0.25, -0.2) is 4.79 Å². The molecule has 3 aromatic rings. The van der Waals surface area contributed by atoms with Gasteiger partial charge in [-0.1, -0.05) is 42.5 Å². The molecule has 0 spiro atoms. The summed E-state index contributed by atoms with van der Waals surface area (Å²) in [4.78, 5) is 15.7. The van der Waals surface area contributed by atoms with Crippen LogP contribution in [0.3, 0.4) is 0 Å². The molecule has 0 saturated carbocycles. The van der Waals surface area contributed by atoms with Crippen LogP contribution < -0.4 is 9.47 Å². The van der Waals surface area contributed by atoms with E-state index in [4.69, 9.17) is 14.6 Å². The minimum Gasteiger partial charge on any atom is -0.493 e. The van der Waals surface area contributed by atoms with Crippen LogP contribution in [0.25, 0.3) is 10.8 Å². The van der Waals surface area contributed by atoms with Crippen LogP contribution >= 0.6 is 0 Å². The molecule has 26 heavy (non-hydrogen) atoms. The van der Waals surface area contributed by atoms with Crippen molar-refractivity contribution in [1.82, 2.24) is 0 Å². The number of fused-ring (bicyclic) bond motifs is 1. The van der Waals surface area contributed by atoms with E-state index in [2.05, 4.69) is 4.99 Å². The Kier molecular flexibility index (Phi) is 5.17. The van der Waals surface area contributed by atoms with Crippen molar-refractivity contribution in [2.24, 2.45) is 4.99 Å². The fourth-order valence-corrected chi connectivity index (χ4v) is 2.61. The molecule has 3 rings (SSSR count). The lowest BCUT2D eigenvalue weighted by Gasteiger charge is -2.15. The van der Waals surface area contributed by atoms with Crippen molar-refractivity contribution in [1.29, 1.82) is 0 Å². The highest BCUT2D eigenvalue weighted by Crippen LogP contribution is 2.32. The van der Waals surface area contributed by atoms with E-state index in [1.807, 2.05) is 48.5 Å². The number of aliphatic imine (C=N–C) groups is 1. The second kappa shape index (κ2) is 7.70. The number of carboxylic acid groups (broad SMARTS) is 1. The molecule has 0 fully saturated rings. The fourth-order valence-electron chi connectivity index (χ4n) is 2.61. The molecule has 1 atom stereocenters. The SMILES string of the molecule is COc1cccc(C=Nc2cccc3ccccc23)c1O[C@H](C)C(=O)O. The molecular formula is C21H19NO4. The number of carbonyl (C=O) groups is 1. The summed E-state index contributed by atoms with van der Waals surface area (Å²) in [5.41, 5.74) is 1.47. The van der Waals surface area contributed by atoms with E-state index in [1.54, 1.807) is 18.3 Å². The van der Waals surface area contributed by atoms with Gasteiger partial charge in [0.2, 0.25) is 0 Å². The zero-order valence-electron chi connectivity index (χ0n) is 14.5. The van der Waals surface area contributed by atoms with Crippen LogP contribution in [0.1, 0.15) is 12.5 Å². The average Bonchev–Trinajstić information content (AvgIpc) is 2.66. The highest BCUT2D eigenvalue weighted by Gasteiger charge is 2.17. The van der Waals surface area contributed by atoms with Crippen molar-refractivity contribution >= 4 is 28.6 Å². The van der Waals surface area contributed by atoms with Crippen molar-refractivity contribution in [3.8, 4) is 11.5 Å². The summed E-state index contributed by atoms with van der Waals surface area (Å²) in [6, 6.07) is 19.2. The smallest absolute Gasteiger partial charge is 0.344 e. The maximum Gasteiger partial charge on any atom is 0.344 e. The molecule has 0 aromatic heterocycles. The summed E-state index contributed by atoms with van der Waals surface area (Å²) in [6.07, 6.45) is 0.657. The van der Waals surface area contributed by atoms with Crippen molar-refractivity contribution < 1.29 is 19.4 Å². The largest absolute Gasteiger partial charge is 0.493 e. The van der Waals surface area contributed by atoms with Crippen molar-refractivity contribution in [3.05, 3.63) is 66.2 Å². The van der Waals surface area contributed by atoms with Gasteiger partial charge in [-0.05, 0) is 30.5 Å². The summed E-state index contributed by atoms with van der Waals surface area (Å²) in [7, 11) is 1.51. The van der Waals surface area contributed by atoms with E-state index in [9.17, 15) is 4.79 Å². The summed E-state index contributed by atoms with van der Waals surface area (Å²) in [5, 5.41) is 11.3. The number of para-hydroxylation sites is 1. The van der Waals surface area contributed by atoms with E-state index >= 15 is 0 Å². The molecule has 0 aliphatic carbocycles. The highest BCUT2D eigenvalue weighted by molar-refractivity contribution is 5.96. The van der Waals surface area contributed by atoms with E-state index in [0.29, 0.717) is 17.1 Å². The van der Waals surface area contributed by atoms with E-state index in [-0.39, 0.29) is 0 Å². The third kappa shape index (κ3) is 3.67. The highest BCUT2D eigenvalue weighted by atomic mass is 16.5. The van der Waals surface area contributed by atoms with Gasteiger partial charge in [0, 0.05) is 17.2 Å². The van der Waals surface area contributed by atoms with Gasteiger partial charge in [-0.15, -0.1) is 0 Å². The first-order chi connectivity index (χ1) is 12.6. The van der Waals surface area contributed by atoms with Crippen LogP contribution in [0.5, 0.6) is 11.5 Å². The Morgan fingerprint density at radius 3 is 2.58 bits per heavy atom. The van der Waals surface area contributed by atoms with Gasteiger partial charge in [0.15, 0.2) is 17.6 Å². The Labute approximate surface area is 151 Å². The van der Waals surface area contributed by atoms with Gasteiger partial charge in [0.25, 0.3) is 0 Å². The van der Waals surface area contributed by atoms with Gasteiger partial charge in [-0.2, -0.15) is 0 Å². The predicted molar refractivity (Wildman–Crippen MR) is 102 cm³/mol. The minimum absolute atomic E-state index is 0.355. The van der Waals surface area contributed by atoms with Crippen LogP contribution in [0, 0.1) is 0 Å². The third-order valence-corrected chi connectivity index (χ3v) is 3.98. The van der Waals surface area contributed by atoms with Crippen molar-refractivity contribution in [2.75, 3.05) is 7.11 Å². The van der Waals surface area contributed by atoms with Gasteiger partial charge < -0.3 is 14.6 Å². The monoisotopic (exact) mass is 349 g/mol. The van der Waals surface area contributed by atoms with Crippen LogP contribution in [-0.4, -0.2) is 30.5 Å².